The van der Waals surface area contributed by atoms with Gasteiger partial charge in [-0.15, -0.1) is 0 Å². The van der Waals surface area contributed by atoms with Crippen molar-refractivity contribution >= 4 is 12.6 Å². The van der Waals surface area contributed by atoms with Crippen LogP contribution in [-0.4, -0.2) is 33.3 Å². The second kappa shape index (κ2) is 11.2. The molecule has 7 nitrogen and oxygen atoms in total. The molecule has 1 saturated heterocycles. The topological polar surface area (TPSA) is 75.6 Å². The average molecular weight is 618 g/mol. The molecule has 8 heteroatoms. The summed E-state index contributed by atoms with van der Waals surface area (Å²) in [5.41, 5.74) is 4.35. The monoisotopic (exact) mass is 617 g/mol. The van der Waals surface area contributed by atoms with Gasteiger partial charge >= 0.3 is 7.12 Å². The van der Waals surface area contributed by atoms with E-state index < -0.39 is 18.3 Å². The zero-order valence-corrected chi connectivity index (χ0v) is 26.6. The first-order valence-electron chi connectivity index (χ1n) is 15.7. The van der Waals surface area contributed by atoms with Crippen molar-refractivity contribution < 1.29 is 18.8 Å². The van der Waals surface area contributed by atoms with Crippen LogP contribution in [0.4, 0.5) is 0 Å². The SMILES string of the molecule is CC1(C)OB(c2ccc(-c3nc(-c4ccccc4)nc(-c4ccc(-c5ccccc5)cc4)n3)c3c2Oc2ccccc2O3)OC1(C)C. The summed E-state index contributed by atoms with van der Waals surface area (Å²) >= 11 is 0. The van der Waals surface area contributed by atoms with Gasteiger partial charge < -0.3 is 18.8 Å². The minimum atomic E-state index is -0.659. The number of aromatic nitrogens is 3. The minimum absolute atomic E-state index is 0.459. The standard InChI is InChI=1S/C39H32BN3O4/c1-38(2)39(3,4)47-40(46-38)30-24-23-29(33-34(30)45-32-18-12-11-17-31(32)44-33)37-42-35(27-15-9-6-10-16-27)41-36(43-37)28-21-19-26(20-22-28)25-13-7-5-8-14-25/h5-24H,1-4H3. The van der Waals surface area contributed by atoms with Crippen LogP contribution < -0.4 is 14.9 Å². The van der Waals surface area contributed by atoms with Gasteiger partial charge in [0.15, 0.2) is 40.5 Å². The molecule has 5 aromatic carbocycles. The quantitative estimate of drug-likeness (QED) is 0.179. The van der Waals surface area contributed by atoms with E-state index in [4.69, 9.17) is 33.7 Å². The average Bonchev–Trinajstić information content (AvgIpc) is 3.33. The lowest BCUT2D eigenvalue weighted by Crippen LogP contribution is -2.41. The van der Waals surface area contributed by atoms with Crippen LogP contribution in [0.5, 0.6) is 23.0 Å². The predicted octanol–water partition coefficient (Wildman–Crippen LogP) is 8.74. The van der Waals surface area contributed by atoms with Gasteiger partial charge in [0.1, 0.15) is 0 Å². The molecule has 0 spiro atoms. The molecule has 1 aromatic heterocycles. The third kappa shape index (κ3) is 5.25. The third-order valence-electron chi connectivity index (χ3n) is 9.08. The van der Waals surface area contributed by atoms with Crippen LogP contribution in [0.3, 0.4) is 0 Å². The highest BCUT2D eigenvalue weighted by molar-refractivity contribution is 6.63. The molecule has 0 N–H and O–H groups in total. The van der Waals surface area contributed by atoms with Crippen LogP contribution >= 0.6 is 0 Å². The van der Waals surface area contributed by atoms with E-state index in [2.05, 4.69) is 24.3 Å². The van der Waals surface area contributed by atoms with E-state index in [0.717, 1.165) is 27.7 Å². The summed E-state index contributed by atoms with van der Waals surface area (Å²) in [7, 11) is -0.659. The molecule has 230 valence electrons. The van der Waals surface area contributed by atoms with Crippen molar-refractivity contribution in [3.63, 3.8) is 0 Å². The van der Waals surface area contributed by atoms with Gasteiger partial charge in [-0.25, -0.2) is 15.0 Å². The lowest BCUT2D eigenvalue weighted by Gasteiger charge is -2.32. The number of para-hydroxylation sites is 2. The van der Waals surface area contributed by atoms with Crippen molar-refractivity contribution in [3.8, 4) is 68.3 Å². The van der Waals surface area contributed by atoms with E-state index >= 15 is 0 Å². The van der Waals surface area contributed by atoms with Crippen molar-refractivity contribution in [2.75, 3.05) is 0 Å². The Bertz CT molecular complexity index is 2090. The second-order valence-corrected chi connectivity index (χ2v) is 12.7. The van der Waals surface area contributed by atoms with Gasteiger partial charge in [0.2, 0.25) is 0 Å². The maximum Gasteiger partial charge on any atom is 0.498 e. The van der Waals surface area contributed by atoms with Crippen LogP contribution in [0.1, 0.15) is 27.7 Å². The highest BCUT2D eigenvalue weighted by atomic mass is 16.7. The van der Waals surface area contributed by atoms with Crippen molar-refractivity contribution in [2.45, 2.75) is 38.9 Å². The fourth-order valence-corrected chi connectivity index (χ4v) is 5.74. The van der Waals surface area contributed by atoms with Crippen LogP contribution in [0, 0.1) is 0 Å². The Morgan fingerprint density at radius 3 is 1.49 bits per heavy atom. The number of rotatable bonds is 5. The van der Waals surface area contributed by atoms with E-state index in [0.29, 0.717) is 46.0 Å². The Labute approximate surface area is 274 Å². The Hall–Kier alpha value is -5.31. The zero-order chi connectivity index (χ0) is 32.2. The Morgan fingerprint density at radius 1 is 0.447 bits per heavy atom. The van der Waals surface area contributed by atoms with Crippen molar-refractivity contribution in [1.82, 2.24) is 15.0 Å². The van der Waals surface area contributed by atoms with Crippen molar-refractivity contribution in [3.05, 3.63) is 121 Å². The Kier molecular flexibility index (Phi) is 6.93. The molecule has 6 aromatic rings. The highest BCUT2D eigenvalue weighted by Crippen LogP contribution is 2.49. The molecule has 0 saturated carbocycles. The second-order valence-electron chi connectivity index (χ2n) is 12.7. The third-order valence-corrected chi connectivity index (χ3v) is 9.08. The van der Waals surface area contributed by atoms with E-state index in [1.807, 2.05) is 125 Å². The number of benzene rings is 5. The normalized spacial score (nSPS) is 15.7. The first kappa shape index (κ1) is 29.1. The smallest absolute Gasteiger partial charge is 0.450 e. The molecule has 1 fully saturated rings. The molecule has 0 radical (unpaired) electrons. The number of nitrogens with zero attached hydrogens (tertiary/aromatic N) is 3. The lowest BCUT2D eigenvalue weighted by molar-refractivity contribution is 0.00578. The van der Waals surface area contributed by atoms with Gasteiger partial charge in [-0.3, -0.25) is 0 Å². The van der Waals surface area contributed by atoms with Gasteiger partial charge in [0.25, 0.3) is 0 Å². The van der Waals surface area contributed by atoms with Gasteiger partial charge in [0.05, 0.1) is 16.8 Å². The number of fused-ring (bicyclic) bond motifs is 2. The molecular weight excluding hydrogens is 585 g/mol. The van der Waals surface area contributed by atoms with Crippen LogP contribution in [0.2, 0.25) is 0 Å². The summed E-state index contributed by atoms with van der Waals surface area (Å²) in [4.78, 5) is 14.9. The molecular formula is C39H32BN3O4. The number of hydrogen-bond donors (Lipinski definition) is 0. The summed E-state index contributed by atoms with van der Waals surface area (Å²) in [5.74, 6) is 3.77. The number of ether oxygens (including phenoxy) is 2. The molecule has 2 aliphatic heterocycles. The van der Waals surface area contributed by atoms with Gasteiger partial charge in [-0.1, -0.05) is 103 Å². The summed E-state index contributed by atoms with van der Waals surface area (Å²) < 4.78 is 26.0. The highest BCUT2D eigenvalue weighted by Gasteiger charge is 2.53. The summed E-state index contributed by atoms with van der Waals surface area (Å²) in [6.07, 6.45) is 0. The summed E-state index contributed by atoms with van der Waals surface area (Å²) in [6, 6.07) is 40.0. The van der Waals surface area contributed by atoms with Crippen LogP contribution in [-0.2, 0) is 9.31 Å². The zero-order valence-electron chi connectivity index (χ0n) is 26.6. The number of hydrogen-bond acceptors (Lipinski definition) is 7. The van der Waals surface area contributed by atoms with E-state index in [1.54, 1.807) is 0 Å². The molecule has 0 unspecified atom stereocenters. The first-order chi connectivity index (χ1) is 22.8. The van der Waals surface area contributed by atoms with E-state index in [9.17, 15) is 0 Å². The first-order valence-corrected chi connectivity index (χ1v) is 15.7. The summed E-state index contributed by atoms with van der Waals surface area (Å²) in [6.45, 7) is 8.13. The molecule has 0 aliphatic carbocycles. The van der Waals surface area contributed by atoms with Crippen molar-refractivity contribution in [1.29, 1.82) is 0 Å². The maximum atomic E-state index is 6.59. The summed E-state index contributed by atoms with van der Waals surface area (Å²) in [5, 5.41) is 0. The van der Waals surface area contributed by atoms with Gasteiger partial charge in [0, 0.05) is 16.6 Å². The van der Waals surface area contributed by atoms with Gasteiger partial charge in [-0.05, 0) is 57.0 Å². The largest absolute Gasteiger partial charge is 0.498 e. The predicted molar refractivity (Wildman–Crippen MR) is 184 cm³/mol. The van der Waals surface area contributed by atoms with Crippen LogP contribution in [0.15, 0.2) is 121 Å². The van der Waals surface area contributed by atoms with E-state index in [-0.39, 0.29) is 0 Å². The molecule has 2 aliphatic rings. The Morgan fingerprint density at radius 2 is 0.894 bits per heavy atom. The molecule has 0 atom stereocenters. The van der Waals surface area contributed by atoms with Gasteiger partial charge in [-0.2, -0.15) is 0 Å². The Balaban J connectivity index is 1.28. The van der Waals surface area contributed by atoms with E-state index in [1.165, 1.54) is 0 Å². The minimum Gasteiger partial charge on any atom is -0.450 e. The fraction of sp³-hybridized carbons (Fsp3) is 0.154. The molecule has 0 amide bonds. The lowest BCUT2D eigenvalue weighted by atomic mass is 9.77. The molecule has 8 rings (SSSR count). The maximum absolute atomic E-state index is 6.59. The molecule has 0 bridgehead atoms. The molecule has 3 heterocycles. The van der Waals surface area contributed by atoms with Crippen molar-refractivity contribution in [2.24, 2.45) is 0 Å². The fourth-order valence-electron chi connectivity index (χ4n) is 5.74. The van der Waals surface area contributed by atoms with Crippen LogP contribution in [0.25, 0.3) is 45.3 Å². The molecule has 47 heavy (non-hydrogen) atoms.